The summed E-state index contributed by atoms with van der Waals surface area (Å²) < 4.78 is 5.15. The number of benzene rings is 1. The second kappa shape index (κ2) is 5.21. The van der Waals surface area contributed by atoms with Crippen LogP contribution in [0.1, 0.15) is 19.3 Å². The van der Waals surface area contributed by atoms with Crippen LogP contribution in [-0.4, -0.2) is 43.6 Å². The Labute approximate surface area is 113 Å². The number of ether oxygens (including phenoxy) is 1. The lowest BCUT2D eigenvalue weighted by Gasteiger charge is -2.22. The van der Waals surface area contributed by atoms with Crippen LogP contribution in [0.5, 0.6) is 5.75 Å². The fourth-order valence-corrected chi connectivity index (χ4v) is 3.08. The molecule has 0 spiro atoms. The molecular formula is C15H20N2O2. The van der Waals surface area contributed by atoms with Gasteiger partial charge in [0.25, 0.3) is 0 Å². The molecule has 0 bridgehead atoms. The summed E-state index contributed by atoms with van der Waals surface area (Å²) in [5.74, 6) is 1.08. The molecule has 1 aromatic carbocycles. The molecule has 1 atom stereocenters. The lowest BCUT2D eigenvalue weighted by molar-refractivity contribution is -0.121. The number of likely N-dealkylation sites (tertiary alicyclic amines) is 1. The maximum absolute atomic E-state index is 12.5. The van der Waals surface area contributed by atoms with E-state index in [0.717, 1.165) is 37.5 Å². The molecule has 1 aromatic rings. The smallest absolute Gasteiger partial charge is 0.244 e. The predicted octanol–water partition coefficient (Wildman–Crippen LogP) is 1.90. The Morgan fingerprint density at radius 3 is 2.42 bits per heavy atom. The number of hydrogen-bond donors (Lipinski definition) is 0. The maximum Gasteiger partial charge on any atom is 0.244 e. The standard InChI is InChI=1S/C15H20N2O2/c1-19-13-6-4-12(5-7-13)17-11-8-14(15(17)18)16-9-2-3-10-16/h4-7,14H,2-3,8-11H2,1H3/t14-/m0/s1. The Morgan fingerprint density at radius 2 is 1.79 bits per heavy atom. The summed E-state index contributed by atoms with van der Waals surface area (Å²) in [5, 5.41) is 0. The van der Waals surface area contributed by atoms with Crippen molar-refractivity contribution in [1.82, 2.24) is 4.90 Å². The van der Waals surface area contributed by atoms with Gasteiger partial charge in [0.1, 0.15) is 5.75 Å². The molecule has 2 saturated heterocycles. The van der Waals surface area contributed by atoms with Crippen LogP contribution in [0.15, 0.2) is 24.3 Å². The molecule has 2 aliphatic rings. The van der Waals surface area contributed by atoms with E-state index in [-0.39, 0.29) is 11.9 Å². The van der Waals surface area contributed by atoms with Gasteiger partial charge in [0, 0.05) is 12.2 Å². The molecule has 4 nitrogen and oxygen atoms in total. The van der Waals surface area contributed by atoms with E-state index in [4.69, 9.17) is 4.74 Å². The summed E-state index contributed by atoms with van der Waals surface area (Å²) >= 11 is 0. The van der Waals surface area contributed by atoms with E-state index < -0.39 is 0 Å². The molecule has 2 fully saturated rings. The van der Waals surface area contributed by atoms with Crippen molar-refractivity contribution in [3.8, 4) is 5.75 Å². The van der Waals surface area contributed by atoms with Crippen molar-refractivity contribution in [3.63, 3.8) is 0 Å². The van der Waals surface area contributed by atoms with Gasteiger partial charge in [-0.2, -0.15) is 0 Å². The van der Waals surface area contributed by atoms with Gasteiger partial charge in [-0.1, -0.05) is 0 Å². The average molecular weight is 260 g/mol. The molecule has 0 saturated carbocycles. The topological polar surface area (TPSA) is 32.8 Å². The van der Waals surface area contributed by atoms with E-state index in [1.807, 2.05) is 29.2 Å². The molecule has 0 aliphatic carbocycles. The second-order valence-corrected chi connectivity index (χ2v) is 5.24. The lowest BCUT2D eigenvalue weighted by atomic mass is 10.2. The van der Waals surface area contributed by atoms with Gasteiger partial charge in [-0.3, -0.25) is 9.69 Å². The Bertz CT molecular complexity index is 452. The largest absolute Gasteiger partial charge is 0.497 e. The third kappa shape index (κ3) is 2.32. The van der Waals surface area contributed by atoms with Crippen molar-refractivity contribution in [2.45, 2.75) is 25.3 Å². The molecule has 0 N–H and O–H groups in total. The summed E-state index contributed by atoms with van der Waals surface area (Å²) in [5.41, 5.74) is 0.979. The highest BCUT2D eigenvalue weighted by molar-refractivity contribution is 5.99. The highest BCUT2D eigenvalue weighted by atomic mass is 16.5. The highest BCUT2D eigenvalue weighted by Crippen LogP contribution is 2.27. The van der Waals surface area contributed by atoms with E-state index in [2.05, 4.69) is 4.90 Å². The normalized spacial score (nSPS) is 24.2. The minimum absolute atomic E-state index is 0.101. The van der Waals surface area contributed by atoms with Crippen molar-refractivity contribution in [2.75, 3.05) is 31.6 Å². The number of amides is 1. The maximum atomic E-state index is 12.5. The van der Waals surface area contributed by atoms with E-state index in [0.29, 0.717) is 0 Å². The summed E-state index contributed by atoms with van der Waals surface area (Å²) in [6.45, 7) is 2.98. The van der Waals surface area contributed by atoms with Crippen molar-refractivity contribution < 1.29 is 9.53 Å². The van der Waals surface area contributed by atoms with Crippen LogP contribution in [0.2, 0.25) is 0 Å². The summed E-state index contributed by atoms with van der Waals surface area (Å²) in [6, 6.07) is 7.84. The van der Waals surface area contributed by atoms with Gasteiger partial charge >= 0.3 is 0 Å². The fraction of sp³-hybridized carbons (Fsp3) is 0.533. The molecule has 19 heavy (non-hydrogen) atoms. The van der Waals surface area contributed by atoms with Crippen LogP contribution in [0.4, 0.5) is 5.69 Å². The minimum atomic E-state index is 0.101. The molecule has 2 heterocycles. The van der Waals surface area contributed by atoms with Gasteiger partial charge in [0.15, 0.2) is 0 Å². The van der Waals surface area contributed by atoms with Crippen LogP contribution in [-0.2, 0) is 4.79 Å². The highest BCUT2D eigenvalue weighted by Gasteiger charge is 2.37. The zero-order chi connectivity index (χ0) is 13.2. The average Bonchev–Trinajstić information content (AvgIpc) is 3.08. The van der Waals surface area contributed by atoms with Gasteiger partial charge in [-0.25, -0.2) is 0 Å². The Balaban J connectivity index is 1.73. The Kier molecular flexibility index (Phi) is 3.42. The molecule has 2 aliphatic heterocycles. The summed E-state index contributed by atoms with van der Waals surface area (Å²) in [7, 11) is 1.65. The number of anilines is 1. The van der Waals surface area contributed by atoms with E-state index >= 15 is 0 Å². The molecular weight excluding hydrogens is 240 g/mol. The fourth-order valence-electron chi connectivity index (χ4n) is 3.08. The minimum Gasteiger partial charge on any atom is -0.497 e. The van der Waals surface area contributed by atoms with Gasteiger partial charge in [-0.05, 0) is 56.6 Å². The molecule has 0 unspecified atom stereocenters. The molecule has 1 amide bonds. The molecule has 3 rings (SSSR count). The number of rotatable bonds is 3. The summed E-state index contributed by atoms with van der Waals surface area (Å²) in [4.78, 5) is 16.7. The lowest BCUT2D eigenvalue weighted by Crippen LogP contribution is -2.40. The monoisotopic (exact) mass is 260 g/mol. The quantitative estimate of drug-likeness (QED) is 0.832. The van der Waals surface area contributed by atoms with Crippen LogP contribution >= 0.6 is 0 Å². The van der Waals surface area contributed by atoms with E-state index in [1.165, 1.54) is 12.8 Å². The first kappa shape index (κ1) is 12.5. The first-order valence-corrected chi connectivity index (χ1v) is 6.99. The number of methoxy groups -OCH3 is 1. The number of carbonyl (C=O) groups is 1. The third-order valence-electron chi connectivity index (χ3n) is 4.14. The van der Waals surface area contributed by atoms with Gasteiger partial charge < -0.3 is 9.64 Å². The SMILES string of the molecule is COc1ccc(N2CC[C@H](N3CCCC3)C2=O)cc1. The number of hydrogen-bond acceptors (Lipinski definition) is 3. The molecule has 0 aromatic heterocycles. The zero-order valence-corrected chi connectivity index (χ0v) is 11.3. The van der Waals surface area contributed by atoms with E-state index in [1.54, 1.807) is 7.11 Å². The predicted molar refractivity (Wildman–Crippen MR) is 74.6 cm³/mol. The van der Waals surface area contributed by atoms with Crippen LogP contribution in [0, 0.1) is 0 Å². The zero-order valence-electron chi connectivity index (χ0n) is 11.3. The first-order valence-electron chi connectivity index (χ1n) is 6.99. The van der Waals surface area contributed by atoms with Crippen molar-refractivity contribution in [3.05, 3.63) is 24.3 Å². The third-order valence-corrected chi connectivity index (χ3v) is 4.14. The molecule has 4 heteroatoms. The van der Waals surface area contributed by atoms with Crippen LogP contribution in [0.3, 0.4) is 0 Å². The van der Waals surface area contributed by atoms with Gasteiger partial charge in [0.2, 0.25) is 5.91 Å². The van der Waals surface area contributed by atoms with Crippen molar-refractivity contribution in [1.29, 1.82) is 0 Å². The van der Waals surface area contributed by atoms with E-state index in [9.17, 15) is 4.79 Å². The Hall–Kier alpha value is -1.55. The first-order chi connectivity index (χ1) is 9.29. The number of nitrogens with zero attached hydrogens (tertiary/aromatic N) is 2. The van der Waals surface area contributed by atoms with Crippen LogP contribution < -0.4 is 9.64 Å². The van der Waals surface area contributed by atoms with Crippen LogP contribution in [0.25, 0.3) is 0 Å². The molecule has 102 valence electrons. The van der Waals surface area contributed by atoms with Crippen molar-refractivity contribution in [2.24, 2.45) is 0 Å². The second-order valence-electron chi connectivity index (χ2n) is 5.24. The van der Waals surface area contributed by atoms with Gasteiger partial charge in [-0.15, -0.1) is 0 Å². The van der Waals surface area contributed by atoms with Gasteiger partial charge in [0.05, 0.1) is 13.2 Å². The summed E-state index contributed by atoms with van der Waals surface area (Å²) in [6.07, 6.45) is 3.41. The Morgan fingerprint density at radius 1 is 1.11 bits per heavy atom. The molecule has 0 radical (unpaired) electrons. The number of carbonyl (C=O) groups excluding carboxylic acids is 1. The van der Waals surface area contributed by atoms with Crippen molar-refractivity contribution >= 4 is 11.6 Å².